The van der Waals surface area contributed by atoms with Crippen LogP contribution in [-0.4, -0.2) is 41.9 Å². The number of H-pyrrole nitrogens is 1. The van der Waals surface area contributed by atoms with Crippen molar-refractivity contribution in [3.63, 3.8) is 0 Å². The number of imidazole rings is 1. The van der Waals surface area contributed by atoms with Gasteiger partial charge in [0.1, 0.15) is 17.8 Å². The van der Waals surface area contributed by atoms with Gasteiger partial charge in [0.05, 0.1) is 6.33 Å². The summed E-state index contributed by atoms with van der Waals surface area (Å²) < 4.78 is 3.14. The molecule has 1 aliphatic carbocycles. The van der Waals surface area contributed by atoms with Gasteiger partial charge in [0.25, 0.3) is 5.56 Å². The highest BCUT2D eigenvalue weighted by Crippen LogP contribution is 2.39. The molecule has 1 unspecified atom stereocenters. The highest BCUT2D eigenvalue weighted by Gasteiger charge is 2.37. The number of aromatic nitrogens is 6. The van der Waals surface area contributed by atoms with Gasteiger partial charge in [-0.2, -0.15) is 4.68 Å². The van der Waals surface area contributed by atoms with Crippen LogP contribution >= 0.6 is 0 Å². The largest absolute Gasteiger partial charge is 0.353 e. The van der Waals surface area contributed by atoms with Crippen LogP contribution in [0.1, 0.15) is 32.1 Å². The molecule has 2 fully saturated rings. The summed E-state index contributed by atoms with van der Waals surface area (Å²) in [6, 6.07) is 2.50. The van der Waals surface area contributed by atoms with Crippen LogP contribution in [0.2, 0.25) is 0 Å². The van der Waals surface area contributed by atoms with Crippen molar-refractivity contribution < 1.29 is 0 Å². The molecule has 3 aromatic rings. The van der Waals surface area contributed by atoms with Crippen LogP contribution in [0.15, 0.2) is 42.1 Å². The van der Waals surface area contributed by atoms with E-state index in [0.29, 0.717) is 17.5 Å². The van der Waals surface area contributed by atoms with Crippen molar-refractivity contribution in [3.8, 4) is 11.5 Å². The molecule has 0 radical (unpaired) electrons. The van der Waals surface area contributed by atoms with E-state index >= 15 is 0 Å². The van der Waals surface area contributed by atoms with E-state index in [4.69, 9.17) is 0 Å². The first kappa shape index (κ1) is 15.4. The fourth-order valence-electron chi connectivity index (χ4n) is 4.17. The number of hydrogen-bond donors (Lipinski definition) is 1. The highest BCUT2D eigenvalue weighted by molar-refractivity contribution is 5.46. The minimum atomic E-state index is -0.162. The van der Waals surface area contributed by atoms with E-state index in [0.717, 1.165) is 18.3 Å². The van der Waals surface area contributed by atoms with Crippen LogP contribution in [-0.2, 0) is 0 Å². The highest BCUT2D eigenvalue weighted by atomic mass is 16.1. The Balaban J connectivity index is 1.50. The van der Waals surface area contributed by atoms with E-state index in [9.17, 15) is 4.79 Å². The van der Waals surface area contributed by atoms with Crippen molar-refractivity contribution in [2.45, 2.75) is 38.1 Å². The summed E-state index contributed by atoms with van der Waals surface area (Å²) in [5.41, 5.74) is 0.349. The molecule has 3 aromatic heterocycles. The third-order valence-electron chi connectivity index (χ3n) is 5.70. The predicted octanol–water partition coefficient (Wildman–Crippen LogP) is 1.91. The molecule has 0 bridgehead atoms. The third kappa shape index (κ3) is 2.44. The predicted molar refractivity (Wildman–Crippen MR) is 96.8 cm³/mol. The first-order valence-corrected chi connectivity index (χ1v) is 9.19. The van der Waals surface area contributed by atoms with Gasteiger partial charge in [0.15, 0.2) is 5.82 Å². The minimum absolute atomic E-state index is 0.162. The van der Waals surface area contributed by atoms with E-state index in [2.05, 4.69) is 25.0 Å². The Kier molecular flexibility index (Phi) is 3.62. The fourth-order valence-corrected chi connectivity index (χ4v) is 4.17. The maximum absolute atomic E-state index is 12.7. The monoisotopic (exact) mass is 351 g/mol. The van der Waals surface area contributed by atoms with E-state index in [1.165, 1.54) is 36.8 Å². The number of hydrogen-bond acceptors (Lipinski definition) is 5. The SMILES string of the molecule is O=c1c(-n2ccnc2)c[nH]n1-c1cc(N2CCCC[C@@H]3CCC32)ncn1. The van der Waals surface area contributed by atoms with Gasteiger partial charge in [-0.05, 0) is 31.6 Å². The Hall–Kier alpha value is -2.90. The molecule has 26 heavy (non-hydrogen) atoms. The Labute approximate surface area is 150 Å². The lowest BCUT2D eigenvalue weighted by molar-refractivity contribution is 0.240. The Morgan fingerprint density at radius 3 is 2.85 bits per heavy atom. The van der Waals surface area contributed by atoms with Crippen molar-refractivity contribution in [3.05, 3.63) is 47.7 Å². The van der Waals surface area contributed by atoms with Crippen LogP contribution in [0.4, 0.5) is 5.82 Å². The van der Waals surface area contributed by atoms with Crippen LogP contribution in [0.3, 0.4) is 0 Å². The molecule has 1 saturated carbocycles. The van der Waals surface area contributed by atoms with Crippen LogP contribution < -0.4 is 10.5 Å². The first-order valence-electron chi connectivity index (χ1n) is 9.19. The quantitative estimate of drug-likeness (QED) is 0.779. The smallest absolute Gasteiger partial charge is 0.296 e. The number of anilines is 1. The number of nitrogens with one attached hydrogen (secondary N) is 1. The summed E-state index contributed by atoms with van der Waals surface area (Å²) in [6.45, 7) is 1.03. The molecule has 8 nitrogen and oxygen atoms in total. The van der Waals surface area contributed by atoms with Gasteiger partial charge in [-0.15, -0.1) is 0 Å². The van der Waals surface area contributed by atoms with Crippen molar-refractivity contribution in [1.82, 2.24) is 29.3 Å². The summed E-state index contributed by atoms with van der Waals surface area (Å²) in [4.78, 5) is 28.0. The number of aromatic amines is 1. The third-order valence-corrected chi connectivity index (χ3v) is 5.70. The molecular formula is C18H21N7O. The summed E-state index contributed by atoms with van der Waals surface area (Å²) in [5, 5.41) is 3.00. The Morgan fingerprint density at radius 2 is 2.04 bits per heavy atom. The van der Waals surface area contributed by atoms with Crippen LogP contribution in [0.25, 0.3) is 11.5 Å². The van der Waals surface area contributed by atoms with Crippen LogP contribution in [0, 0.1) is 5.92 Å². The van der Waals surface area contributed by atoms with E-state index < -0.39 is 0 Å². The number of rotatable bonds is 3. The second kappa shape index (κ2) is 6.12. The average molecular weight is 351 g/mol. The van der Waals surface area contributed by atoms with Crippen molar-refractivity contribution in [1.29, 1.82) is 0 Å². The molecule has 0 spiro atoms. The second-order valence-corrected chi connectivity index (χ2v) is 7.10. The van der Waals surface area contributed by atoms with E-state index in [1.54, 1.807) is 35.8 Å². The molecule has 1 saturated heterocycles. The molecule has 2 aliphatic rings. The number of fused-ring (bicyclic) bond motifs is 1. The lowest BCUT2D eigenvalue weighted by Crippen LogP contribution is -2.46. The van der Waals surface area contributed by atoms with Crippen molar-refractivity contribution >= 4 is 5.82 Å². The molecule has 4 heterocycles. The van der Waals surface area contributed by atoms with Crippen molar-refractivity contribution in [2.24, 2.45) is 5.92 Å². The molecule has 5 rings (SSSR count). The summed E-state index contributed by atoms with van der Waals surface area (Å²) in [6.07, 6.45) is 14.6. The second-order valence-electron chi connectivity index (χ2n) is 7.10. The zero-order valence-corrected chi connectivity index (χ0v) is 14.5. The maximum Gasteiger partial charge on any atom is 0.296 e. The molecule has 8 heteroatoms. The van der Waals surface area contributed by atoms with Crippen LogP contribution in [0.5, 0.6) is 0 Å². The van der Waals surface area contributed by atoms with Gasteiger partial charge < -0.3 is 4.90 Å². The van der Waals surface area contributed by atoms with Gasteiger partial charge >= 0.3 is 0 Å². The zero-order chi connectivity index (χ0) is 17.5. The summed E-state index contributed by atoms with van der Waals surface area (Å²) in [5.74, 6) is 2.26. The molecule has 1 N–H and O–H groups in total. The standard InChI is InChI=1S/C18H21N7O/c26-18-15(23-8-6-19-12-23)10-22-25(18)17-9-16(20-11-21-17)24-7-2-1-3-13-4-5-14(13)24/h6,8-14,22H,1-5,7H2/t13-,14?/m1/s1. The van der Waals surface area contributed by atoms with Gasteiger partial charge in [-0.1, -0.05) is 6.42 Å². The molecule has 1 aliphatic heterocycles. The lowest BCUT2D eigenvalue weighted by atomic mass is 9.76. The average Bonchev–Trinajstić information content (AvgIpc) is 3.25. The summed E-state index contributed by atoms with van der Waals surface area (Å²) in [7, 11) is 0. The lowest BCUT2D eigenvalue weighted by Gasteiger charge is -2.43. The Morgan fingerprint density at radius 1 is 1.12 bits per heavy atom. The molecule has 0 aromatic carbocycles. The minimum Gasteiger partial charge on any atom is -0.353 e. The van der Waals surface area contributed by atoms with Gasteiger partial charge in [0.2, 0.25) is 0 Å². The fraction of sp³-hybridized carbons (Fsp3) is 0.444. The Bertz CT molecular complexity index is 958. The van der Waals surface area contributed by atoms with Gasteiger partial charge in [-0.3, -0.25) is 14.5 Å². The van der Waals surface area contributed by atoms with E-state index in [1.807, 2.05) is 6.07 Å². The topological polar surface area (TPSA) is 84.6 Å². The normalized spacial score (nSPS) is 22.5. The number of nitrogens with zero attached hydrogens (tertiary/aromatic N) is 6. The molecule has 0 amide bonds. The van der Waals surface area contributed by atoms with Gasteiger partial charge in [-0.25, -0.2) is 15.0 Å². The molecule has 2 atom stereocenters. The maximum atomic E-state index is 12.7. The summed E-state index contributed by atoms with van der Waals surface area (Å²) >= 11 is 0. The van der Waals surface area contributed by atoms with E-state index in [-0.39, 0.29) is 5.56 Å². The molecular weight excluding hydrogens is 330 g/mol. The van der Waals surface area contributed by atoms with Crippen molar-refractivity contribution in [2.75, 3.05) is 11.4 Å². The van der Waals surface area contributed by atoms with Gasteiger partial charge in [0, 0.05) is 37.2 Å². The first-order chi connectivity index (χ1) is 12.8. The zero-order valence-electron chi connectivity index (χ0n) is 14.5. The molecule has 134 valence electrons.